The van der Waals surface area contributed by atoms with Crippen LogP contribution in [0.3, 0.4) is 0 Å². The van der Waals surface area contributed by atoms with Crippen molar-refractivity contribution < 1.29 is 16.4 Å². The van der Waals surface area contributed by atoms with Gasteiger partial charge < -0.3 is 16.4 Å². The summed E-state index contributed by atoms with van der Waals surface area (Å²) in [7, 11) is 0. The summed E-state index contributed by atoms with van der Waals surface area (Å²) >= 11 is 3.27. The number of hydrogen-bond acceptors (Lipinski definition) is 0. The Morgan fingerprint density at radius 3 is 0.636 bits per heavy atom. The van der Waals surface area contributed by atoms with Gasteiger partial charge in [-0.05, 0) is 0 Å². The van der Waals surface area contributed by atoms with Gasteiger partial charge in [-0.2, -0.15) is 0 Å². The van der Waals surface area contributed by atoms with E-state index in [1.807, 2.05) is 0 Å². The molecule has 0 amide bonds. The smallest absolute Gasteiger partial charge is 2.00 e. The molecule has 0 saturated heterocycles. The van der Waals surface area contributed by atoms with Crippen molar-refractivity contribution in [2.24, 2.45) is 0 Å². The Kier molecular flexibility index (Phi) is 60.2. The van der Waals surface area contributed by atoms with E-state index in [0.717, 1.165) is 7.87 Å². The molecule has 0 aliphatic carbocycles. The summed E-state index contributed by atoms with van der Waals surface area (Å²) in [6.07, 6.45) is 0. The van der Waals surface area contributed by atoms with Gasteiger partial charge in [-0.15, -0.1) is 0 Å². The quantitative estimate of drug-likeness (QED) is 0.579. The molecule has 0 aliphatic heterocycles. The molecular weight excluding hydrogens is 357 g/mol. The number of rotatable bonds is 0. The average Bonchev–Trinajstić information content (AvgIpc) is 1.25. The third kappa shape index (κ3) is 472. The predicted octanol–water partition coefficient (Wildman–Crippen LogP) is 1.61. The summed E-state index contributed by atoms with van der Waals surface area (Å²) in [5, 5.41) is 0. The molecule has 0 heterocycles. The monoisotopic (exact) mass is 374 g/mol. The predicted molar refractivity (Wildman–Crippen MR) is 43.8 cm³/mol. The first kappa shape index (κ1) is 29.4. The second-order valence-electron chi connectivity index (χ2n) is 2.31. The Labute approximate surface area is 96.4 Å². The van der Waals surface area contributed by atoms with Gasteiger partial charge in [-0.25, -0.2) is 0 Å². The minimum absolute atomic E-state index is 0. The molecule has 0 bridgehead atoms. The van der Waals surface area contributed by atoms with E-state index in [0.29, 0.717) is 0 Å². The Morgan fingerprint density at radius 2 is 0.636 bits per heavy atom. The third-order valence-corrected chi connectivity index (χ3v) is 0. The second-order valence-corrected chi connectivity index (χ2v) is 8.90. The molecule has 5 heteroatoms. The van der Waals surface area contributed by atoms with Gasteiger partial charge in [-0.3, -0.25) is 0 Å². The van der Waals surface area contributed by atoms with Crippen molar-refractivity contribution in [2.45, 2.75) is 35.6 Å². The Balaban J connectivity index is -0.0000000171. The molecule has 0 saturated carbocycles. The summed E-state index contributed by atoms with van der Waals surface area (Å²) in [6.45, 7) is 8.83. The molecular formula is C6H14O3Sn2. The summed E-state index contributed by atoms with van der Waals surface area (Å²) in [6, 6.07) is 0. The first-order valence-corrected chi connectivity index (χ1v) is 6.18. The van der Waals surface area contributed by atoms with E-state index in [-0.39, 0.29) is 16.4 Å². The van der Waals surface area contributed by atoms with E-state index in [1.54, 1.807) is 45.0 Å². The van der Waals surface area contributed by atoms with Crippen molar-refractivity contribution in [1.82, 2.24) is 0 Å². The maximum absolute atomic E-state index is 2.21. The van der Waals surface area contributed by atoms with Gasteiger partial charge in [0.1, 0.15) is 0 Å². The van der Waals surface area contributed by atoms with Crippen molar-refractivity contribution in [2.75, 3.05) is 0 Å². The summed E-state index contributed by atoms with van der Waals surface area (Å²) in [5.74, 6) is 0. The fraction of sp³-hybridized carbons (Fsp3) is 1.00. The Morgan fingerprint density at radius 1 is 0.636 bits per heavy atom. The van der Waals surface area contributed by atoms with Crippen LogP contribution in [0.4, 0.5) is 0 Å². The van der Waals surface area contributed by atoms with Crippen LogP contribution in [0.15, 0.2) is 0 Å². The maximum Gasteiger partial charge on any atom is -2.00 e. The van der Waals surface area contributed by atoms with Crippen LogP contribution in [0, 0.1) is 0 Å². The summed E-state index contributed by atoms with van der Waals surface area (Å²) < 4.78 is 1.85. The first-order chi connectivity index (χ1) is 3.46. The van der Waals surface area contributed by atoms with E-state index < -0.39 is 0 Å². The van der Waals surface area contributed by atoms with Crippen LogP contribution in [0.5, 0.6) is 0 Å². The molecule has 0 aromatic heterocycles. The zero-order valence-electron chi connectivity index (χ0n) is 7.38. The van der Waals surface area contributed by atoms with Crippen LogP contribution in [0.1, 0.15) is 27.7 Å². The van der Waals surface area contributed by atoms with Gasteiger partial charge in [0.15, 0.2) is 0 Å². The fourth-order valence-corrected chi connectivity index (χ4v) is 0. The van der Waals surface area contributed by atoms with Crippen LogP contribution in [-0.2, 0) is 16.4 Å². The SMILES string of the molecule is C[CH](C)[Sn+3].C[CH](C)[Sn+3].[O-2].[O-2].[O-2]. The first-order valence-electron chi connectivity index (χ1n) is 2.89. The minimum atomic E-state index is 0. The van der Waals surface area contributed by atoms with E-state index in [1.165, 1.54) is 0 Å². The molecule has 0 aromatic carbocycles. The largest absolute Gasteiger partial charge is 2.00 e. The van der Waals surface area contributed by atoms with Crippen molar-refractivity contribution in [3.63, 3.8) is 0 Å². The van der Waals surface area contributed by atoms with Gasteiger partial charge in [-0.1, -0.05) is 0 Å². The van der Waals surface area contributed by atoms with Crippen molar-refractivity contribution >= 4 is 45.0 Å². The summed E-state index contributed by atoms with van der Waals surface area (Å²) in [4.78, 5) is 0. The third-order valence-electron chi connectivity index (χ3n) is 0. The molecule has 0 aliphatic rings. The van der Waals surface area contributed by atoms with Crippen molar-refractivity contribution in [3.8, 4) is 0 Å². The molecule has 0 N–H and O–H groups in total. The van der Waals surface area contributed by atoms with Gasteiger partial charge in [0, 0.05) is 0 Å². The average molecular weight is 372 g/mol. The molecule has 0 unspecified atom stereocenters. The topological polar surface area (TPSA) is 85.5 Å². The molecule has 0 atom stereocenters. The molecule has 0 aromatic rings. The zero-order valence-corrected chi connectivity index (χ0v) is 13.1. The molecule has 0 fully saturated rings. The molecule has 11 heavy (non-hydrogen) atoms. The van der Waals surface area contributed by atoms with Crippen molar-refractivity contribution in [3.05, 3.63) is 0 Å². The van der Waals surface area contributed by atoms with Crippen LogP contribution >= 0.6 is 0 Å². The molecule has 3 nitrogen and oxygen atoms in total. The van der Waals surface area contributed by atoms with E-state index in [4.69, 9.17) is 0 Å². The molecule has 0 spiro atoms. The van der Waals surface area contributed by atoms with Crippen LogP contribution in [0.25, 0.3) is 0 Å². The van der Waals surface area contributed by atoms with E-state index in [9.17, 15) is 0 Å². The molecule has 0 radical (unpaired) electrons. The minimum Gasteiger partial charge on any atom is -2.00 e. The number of hydrogen-bond donors (Lipinski definition) is 0. The normalized spacial score (nSPS) is 6.73. The van der Waals surface area contributed by atoms with Crippen molar-refractivity contribution in [1.29, 1.82) is 0 Å². The maximum atomic E-state index is 2.21. The van der Waals surface area contributed by atoms with Crippen LogP contribution < -0.4 is 0 Å². The Hall–Kier alpha value is 1.48. The summed E-state index contributed by atoms with van der Waals surface area (Å²) in [5.41, 5.74) is 0. The van der Waals surface area contributed by atoms with Gasteiger partial charge in [0.25, 0.3) is 0 Å². The van der Waals surface area contributed by atoms with Crippen LogP contribution in [-0.4, -0.2) is 45.0 Å². The van der Waals surface area contributed by atoms with Crippen LogP contribution in [0.2, 0.25) is 7.87 Å². The van der Waals surface area contributed by atoms with E-state index in [2.05, 4.69) is 27.7 Å². The fourth-order valence-electron chi connectivity index (χ4n) is 0. The standard InChI is InChI=1S/2C3H7.3O.2Sn/c2*1-3-2;;;;;/h2*3H,1-2H3;;;;;/q;;3*-2;2*+3. The van der Waals surface area contributed by atoms with Gasteiger partial charge in [0.05, 0.1) is 0 Å². The Bertz CT molecular complexity index is 31.3. The molecule has 64 valence electrons. The van der Waals surface area contributed by atoms with Gasteiger partial charge >= 0.3 is 80.6 Å². The zero-order chi connectivity index (χ0) is 7.15. The van der Waals surface area contributed by atoms with Gasteiger partial charge in [0.2, 0.25) is 0 Å². The molecule has 0 rings (SSSR count). The second kappa shape index (κ2) is 22.5. The van der Waals surface area contributed by atoms with E-state index >= 15 is 0 Å².